The zero-order chi connectivity index (χ0) is 7.40. The molecule has 0 nitrogen and oxygen atoms in total. The van der Waals surface area contributed by atoms with E-state index in [2.05, 4.69) is 55.0 Å². The van der Waals surface area contributed by atoms with Crippen LogP contribution in [0.5, 0.6) is 0 Å². The zero-order valence-electron chi connectivity index (χ0n) is 6.46. The predicted octanol–water partition coefficient (Wildman–Crippen LogP) is 2.22. The number of rotatable bonds is 1. The SMILES string of the molecule is [Li]/[C](C)=C/c1ccccc1. The molecule has 1 aromatic rings. The van der Waals surface area contributed by atoms with E-state index < -0.39 is 0 Å². The molecular weight excluding hydrogens is 115 g/mol. The molecular formula is C9H9Li. The Balaban J connectivity index is 2.87. The molecule has 0 spiro atoms. The molecule has 1 heteroatoms. The van der Waals surface area contributed by atoms with Crippen molar-refractivity contribution in [3.63, 3.8) is 0 Å². The van der Waals surface area contributed by atoms with Gasteiger partial charge in [0.05, 0.1) is 0 Å². The van der Waals surface area contributed by atoms with Crippen molar-refractivity contribution in [2.45, 2.75) is 6.92 Å². The van der Waals surface area contributed by atoms with Crippen LogP contribution in [0.25, 0.3) is 6.08 Å². The molecule has 0 fully saturated rings. The zero-order valence-corrected chi connectivity index (χ0v) is 6.46. The number of allylic oxidation sites excluding steroid dienone is 1. The van der Waals surface area contributed by atoms with Crippen molar-refractivity contribution in [3.05, 3.63) is 40.1 Å². The molecule has 0 saturated carbocycles. The van der Waals surface area contributed by atoms with Gasteiger partial charge in [-0.1, -0.05) is 0 Å². The summed E-state index contributed by atoms with van der Waals surface area (Å²) in [4.78, 5) is 0. The van der Waals surface area contributed by atoms with Crippen molar-refractivity contribution in [1.29, 1.82) is 0 Å². The van der Waals surface area contributed by atoms with E-state index in [1.807, 2.05) is 6.07 Å². The molecule has 1 aromatic carbocycles. The summed E-state index contributed by atoms with van der Waals surface area (Å²) in [6, 6.07) is 10.3. The average Bonchev–Trinajstić information content (AvgIpc) is 1.88. The van der Waals surface area contributed by atoms with Crippen molar-refractivity contribution in [2.75, 3.05) is 0 Å². The summed E-state index contributed by atoms with van der Waals surface area (Å²) < 4.78 is 1.34. The van der Waals surface area contributed by atoms with E-state index in [4.69, 9.17) is 0 Å². The van der Waals surface area contributed by atoms with Crippen molar-refractivity contribution in [2.24, 2.45) is 0 Å². The fourth-order valence-electron chi connectivity index (χ4n) is 0.883. The summed E-state index contributed by atoms with van der Waals surface area (Å²) in [5.41, 5.74) is 1.28. The Labute approximate surface area is 71.2 Å². The Kier molecular flexibility index (Phi) is 2.80. The van der Waals surface area contributed by atoms with E-state index in [-0.39, 0.29) is 0 Å². The normalized spacial score (nSPS) is 11.7. The fourth-order valence-corrected chi connectivity index (χ4v) is 0.883. The molecule has 0 radical (unpaired) electrons. The van der Waals surface area contributed by atoms with Gasteiger partial charge in [0, 0.05) is 0 Å². The Bertz CT molecular complexity index is 220. The number of benzene rings is 1. The molecule has 0 aliphatic carbocycles. The molecule has 0 amide bonds. The van der Waals surface area contributed by atoms with Gasteiger partial charge in [-0.05, 0) is 0 Å². The third kappa shape index (κ3) is 2.43. The quantitative estimate of drug-likeness (QED) is 0.503. The van der Waals surface area contributed by atoms with Gasteiger partial charge < -0.3 is 0 Å². The first-order chi connectivity index (χ1) is 4.79. The summed E-state index contributed by atoms with van der Waals surface area (Å²) in [5.74, 6) is 0. The Hall–Kier alpha value is -0.443. The third-order valence-electron chi connectivity index (χ3n) is 1.25. The van der Waals surface area contributed by atoms with Crippen LogP contribution in [-0.2, 0) is 0 Å². The van der Waals surface area contributed by atoms with Gasteiger partial charge in [0.2, 0.25) is 0 Å². The number of hydrogen-bond acceptors (Lipinski definition) is 0. The predicted molar refractivity (Wildman–Crippen MR) is 45.8 cm³/mol. The second kappa shape index (κ2) is 3.66. The van der Waals surface area contributed by atoms with Crippen molar-refractivity contribution < 1.29 is 0 Å². The summed E-state index contributed by atoms with van der Waals surface area (Å²) >= 11 is 2.10. The molecule has 0 aliphatic rings. The molecule has 0 atom stereocenters. The van der Waals surface area contributed by atoms with Crippen LogP contribution < -0.4 is 0 Å². The van der Waals surface area contributed by atoms with Gasteiger partial charge in [-0.15, -0.1) is 0 Å². The summed E-state index contributed by atoms with van der Waals surface area (Å²) in [6.45, 7) is 2.10. The van der Waals surface area contributed by atoms with Crippen molar-refractivity contribution in [3.8, 4) is 0 Å². The third-order valence-corrected chi connectivity index (χ3v) is 1.25. The molecule has 46 valence electrons. The van der Waals surface area contributed by atoms with Gasteiger partial charge in [0.1, 0.15) is 0 Å². The van der Waals surface area contributed by atoms with Crippen LogP contribution in [-0.4, -0.2) is 17.7 Å². The summed E-state index contributed by atoms with van der Waals surface area (Å²) in [6.07, 6.45) is 2.17. The van der Waals surface area contributed by atoms with Crippen LogP contribution in [0, 0.1) is 0 Å². The van der Waals surface area contributed by atoms with Crippen molar-refractivity contribution in [1.82, 2.24) is 0 Å². The van der Waals surface area contributed by atoms with Gasteiger partial charge in [-0.2, -0.15) is 0 Å². The Morgan fingerprint density at radius 2 is 1.90 bits per heavy atom. The van der Waals surface area contributed by atoms with Gasteiger partial charge in [-0.25, -0.2) is 0 Å². The van der Waals surface area contributed by atoms with E-state index in [0.717, 1.165) is 0 Å². The molecule has 0 N–H and O–H groups in total. The standard InChI is InChI=1S/C9H9.Li/c1-2-6-9-7-4-3-5-8-9;/h3-8H,1H3;. The maximum absolute atomic E-state index is 2.17. The van der Waals surface area contributed by atoms with Crippen LogP contribution in [0.2, 0.25) is 0 Å². The van der Waals surface area contributed by atoms with E-state index in [9.17, 15) is 0 Å². The van der Waals surface area contributed by atoms with Gasteiger partial charge in [-0.3, -0.25) is 0 Å². The molecule has 0 unspecified atom stereocenters. The molecule has 0 aliphatic heterocycles. The summed E-state index contributed by atoms with van der Waals surface area (Å²) in [7, 11) is 0. The van der Waals surface area contributed by atoms with E-state index >= 15 is 0 Å². The van der Waals surface area contributed by atoms with Crippen LogP contribution in [0.4, 0.5) is 0 Å². The monoisotopic (exact) mass is 124 g/mol. The second-order valence-corrected chi connectivity index (χ2v) is 2.63. The first-order valence-corrected chi connectivity index (χ1v) is 3.49. The van der Waals surface area contributed by atoms with Gasteiger partial charge in [0.25, 0.3) is 0 Å². The van der Waals surface area contributed by atoms with E-state index in [1.54, 1.807) is 0 Å². The molecule has 0 bridgehead atoms. The van der Waals surface area contributed by atoms with Crippen LogP contribution in [0.1, 0.15) is 12.5 Å². The maximum atomic E-state index is 2.17. The van der Waals surface area contributed by atoms with Crippen molar-refractivity contribution >= 4 is 23.8 Å². The molecule has 1 rings (SSSR count). The van der Waals surface area contributed by atoms with Crippen LogP contribution >= 0.6 is 0 Å². The van der Waals surface area contributed by atoms with E-state index in [1.165, 1.54) is 9.81 Å². The molecule has 0 heterocycles. The minimum absolute atomic E-state index is 1.28. The average molecular weight is 124 g/mol. The molecule has 10 heavy (non-hydrogen) atoms. The minimum atomic E-state index is 1.28. The Morgan fingerprint density at radius 1 is 1.30 bits per heavy atom. The molecule has 0 aromatic heterocycles. The topological polar surface area (TPSA) is 0 Å². The number of hydrogen-bond donors (Lipinski definition) is 0. The van der Waals surface area contributed by atoms with Crippen LogP contribution in [0.3, 0.4) is 0 Å². The second-order valence-electron chi connectivity index (χ2n) is 2.63. The van der Waals surface area contributed by atoms with E-state index in [0.29, 0.717) is 0 Å². The summed E-state index contributed by atoms with van der Waals surface area (Å²) in [5, 5.41) is 0. The van der Waals surface area contributed by atoms with Crippen LogP contribution in [0.15, 0.2) is 34.6 Å². The first kappa shape index (κ1) is 7.66. The van der Waals surface area contributed by atoms with Gasteiger partial charge in [0.15, 0.2) is 0 Å². The first-order valence-electron chi connectivity index (χ1n) is 3.49. The molecule has 0 saturated heterocycles. The Morgan fingerprint density at radius 3 is 2.40 bits per heavy atom. The fraction of sp³-hybridized carbons (Fsp3) is 0.111. The van der Waals surface area contributed by atoms with Gasteiger partial charge >= 0.3 is 70.9 Å².